The smallest absolute Gasteiger partial charge is 0.294 e. The molecule has 1 heterocycles. The molecule has 3 rings (SSSR count). The molecule has 0 radical (unpaired) electrons. The van der Waals surface area contributed by atoms with Gasteiger partial charge in [-0.15, -0.1) is 0 Å². The van der Waals surface area contributed by atoms with Crippen LogP contribution in [0.2, 0.25) is 0 Å². The maximum absolute atomic E-state index is 13.4. The molecule has 7 N–H and O–H groups in total. The van der Waals surface area contributed by atoms with E-state index >= 15 is 0 Å². The Bertz CT molecular complexity index is 1330. The average Bonchev–Trinajstić information content (AvgIpc) is 2.84. The fraction of sp³-hybridized carbons (Fsp3) is 0.357. The maximum atomic E-state index is 13.4. The molecule has 2 aromatic carbocycles. The van der Waals surface area contributed by atoms with E-state index in [0.29, 0.717) is 40.8 Å². The summed E-state index contributed by atoms with van der Waals surface area (Å²) in [5.41, 5.74) is 14.2. The first-order valence-electron chi connectivity index (χ1n) is 12.6. The highest BCUT2D eigenvalue weighted by atomic mass is 16.5. The van der Waals surface area contributed by atoms with Crippen molar-refractivity contribution in [3.05, 3.63) is 70.1 Å². The van der Waals surface area contributed by atoms with E-state index in [9.17, 15) is 9.59 Å². The second-order valence-corrected chi connectivity index (χ2v) is 9.89. The van der Waals surface area contributed by atoms with Crippen LogP contribution in [0.25, 0.3) is 11.3 Å². The molecule has 0 aliphatic rings. The van der Waals surface area contributed by atoms with Gasteiger partial charge < -0.3 is 26.8 Å². The summed E-state index contributed by atoms with van der Waals surface area (Å²) in [5.74, 6) is 0.877. The van der Waals surface area contributed by atoms with Crippen LogP contribution in [0.3, 0.4) is 0 Å². The molecule has 10 nitrogen and oxygen atoms in total. The second kappa shape index (κ2) is 12.8. The van der Waals surface area contributed by atoms with Crippen LogP contribution in [0.15, 0.2) is 53.5 Å². The first-order chi connectivity index (χ1) is 18.0. The van der Waals surface area contributed by atoms with Gasteiger partial charge in [-0.25, -0.2) is 4.98 Å². The monoisotopic (exact) mass is 519 g/mol. The molecule has 0 spiro atoms. The lowest BCUT2D eigenvalue weighted by atomic mass is 10.1. The molecule has 1 amide bonds. The third kappa shape index (κ3) is 7.83. The van der Waals surface area contributed by atoms with Crippen LogP contribution in [0.1, 0.15) is 45.2 Å². The summed E-state index contributed by atoms with van der Waals surface area (Å²) in [6.07, 6.45) is 2.45. The number of nitrogens with zero attached hydrogens (tertiary/aromatic N) is 2. The summed E-state index contributed by atoms with van der Waals surface area (Å²) in [5, 5.41) is 13.4. The van der Waals surface area contributed by atoms with Gasteiger partial charge in [-0.05, 0) is 43.9 Å². The Hall–Kier alpha value is -4.34. The Labute approximate surface area is 222 Å². The number of amides is 1. The third-order valence-corrected chi connectivity index (χ3v) is 5.72. The molecule has 0 bridgehead atoms. The standard InChI is InChI=1S/C28H37N7O3/c1-17(2)9-10-38-23-12-21(11-22(29)13-23)24-15-33-27(34-18(3)4)28(37)35(24)16-25(36)32-14-19-5-7-20(8-6-19)26(30)31/h5-8,11-13,15,17-18H,9-10,14,16,29H2,1-4H3,(H3,30,31)(H,32,36)(H,33,34). The molecular formula is C28H37N7O3. The van der Waals surface area contributed by atoms with Crippen molar-refractivity contribution in [3.63, 3.8) is 0 Å². The number of hydrogen-bond acceptors (Lipinski definition) is 7. The van der Waals surface area contributed by atoms with Gasteiger partial charge in [0.25, 0.3) is 5.56 Å². The molecule has 10 heteroatoms. The number of nitrogen functional groups attached to an aromatic ring is 2. The van der Waals surface area contributed by atoms with E-state index in [4.69, 9.17) is 21.6 Å². The van der Waals surface area contributed by atoms with Gasteiger partial charge in [0.05, 0.1) is 18.5 Å². The summed E-state index contributed by atoms with van der Waals surface area (Å²) < 4.78 is 7.29. The number of nitrogens with one attached hydrogen (secondary N) is 3. The number of carbonyl (C=O) groups is 1. The molecule has 202 valence electrons. The van der Waals surface area contributed by atoms with Crippen molar-refractivity contribution in [2.24, 2.45) is 11.7 Å². The van der Waals surface area contributed by atoms with Crippen molar-refractivity contribution in [1.82, 2.24) is 14.9 Å². The zero-order valence-electron chi connectivity index (χ0n) is 22.4. The lowest BCUT2D eigenvalue weighted by Gasteiger charge is -2.17. The van der Waals surface area contributed by atoms with Crippen molar-refractivity contribution in [1.29, 1.82) is 5.41 Å². The normalized spacial score (nSPS) is 11.0. The molecule has 0 unspecified atom stereocenters. The van der Waals surface area contributed by atoms with Crippen molar-refractivity contribution in [2.75, 3.05) is 17.7 Å². The Morgan fingerprint density at radius 2 is 1.84 bits per heavy atom. The van der Waals surface area contributed by atoms with Crippen molar-refractivity contribution in [3.8, 4) is 17.0 Å². The van der Waals surface area contributed by atoms with Crippen LogP contribution in [0.4, 0.5) is 11.5 Å². The Kier molecular flexibility index (Phi) is 9.48. The quantitative estimate of drug-likeness (QED) is 0.139. The molecule has 0 saturated carbocycles. The number of amidine groups is 1. The number of rotatable bonds is 12. The molecule has 0 fully saturated rings. The minimum absolute atomic E-state index is 0.0189. The van der Waals surface area contributed by atoms with E-state index in [-0.39, 0.29) is 36.7 Å². The second-order valence-electron chi connectivity index (χ2n) is 9.89. The van der Waals surface area contributed by atoms with Gasteiger partial charge in [0.1, 0.15) is 18.1 Å². The Morgan fingerprint density at radius 1 is 1.13 bits per heavy atom. The van der Waals surface area contributed by atoms with Gasteiger partial charge in [0, 0.05) is 35.5 Å². The van der Waals surface area contributed by atoms with E-state index in [1.807, 2.05) is 13.8 Å². The molecule has 1 aromatic heterocycles. The minimum Gasteiger partial charge on any atom is -0.493 e. The molecule has 38 heavy (non-hydrogen) atoms. The largest absolute Gasteiger partial charge is 0.493 e. The summed E-state index contributed by atoms with van der Waals surface area (Å²) in [7, 11) is 0. The molecule has 0 atom stereocenters. The fourth-order valence-electron chi connectivity index (χ4n) is 3.72. The van der Waals surface area contributed by atoms with Crippen LogP contribution in [0.5, 0.6) is 5.75 Å². The maximum Gasteiger partial charge on any atom is 0.294 e. The first-order valence-corrected chi connectivity index (χ1v) is 12.6. The van der Waals surface area contributed by atoms with Crippen LogP contribution < -0.4 is 32.4 Å². The molecule has 3 aromatic rings. The van der Waals surface area contributed by atoms with Gasteiger partial charge in [0.15, 0.2) is 5.82 Å². The summed E-state index contributed by atoms with van der Waals surface area (Å²) in [6, 6.07) is 12.3. The van der Waals surface area contributed by atoms with E-state index in [2.05, 4.69) is 29.5 Å². The average molecular weight is 520 g/mol. The van der Waals surface area contributed by atoms with Crippen LogP contribution in [-0.4, -0.2) is 33.9 Å². The van der Waals surface area contributed by atoms with Crippen molar-refractivity contribution < 1.29 is 9.53 Å². The SMILES string of the molecule is CC(C)CCOc1cc(N)cc(-c2cnc(NC(C)C)c(=O)n2CC(=O)NCc2ccc(C(=N)N)cc2)c1. The van der Waals surface area contributed by atoms with Crippen molar-refractivity contribution in [2.45, 2.75) is 53.2 Å². The van der Waals surface area contributed by atoms with E-state index in [1.165, 1.54) is 4.57 Å². The van der Waals surface area contributed by atoms with Gasteiger partial charge in [0.2, 0.25) is 5.91 Å². The molecule has 0 aliphatic carbocycles. The summed E-state index contributed by atoms with van der Waals surface area (Å²) >= 11 is 0. The number of hydrogen-bond donors (Lipinski definition) is 5. The predicted molar refractivity (Wildman–Crippen MR) is 151 cm³/mol. The number of benzene rings is 2. The summed E-state index contributed by atoms with van der Waals surface area (Å²) in [4.78, 5) is 30.7. The lowest BCUT2D eigenvalue weighted by molar-refractivity contribution is -0.121. The van der Waals surface area contributed by atoms with Gasteiger partial charge >= 0.3 is 0 Å². The van der Waals surface area contributed by atoms with Gasteiger partial charge in [-0.3, -0.25) is 19.6 Å². The highest BCUT2D eigenvalue weighted by Crippen LogP contribution is 2.27. The molecule has 0 aliphatic heterocycles. The Morgan fingerprint density at radius 3 is 2.47 bits per heavy atom. The van der Waals surface area contributed by atoms with E-state index in [1.54, 1.807) is 48.7 Å². The van der Waals surface area contributed by atoms with Crippen LogP contribution in [-0.2, 0) is 17.9 Å². The minimum atomic E-state index is -0.415. The number of aromatic nitrogens is 2. The Balaban J connectivity index is 1.88. The zero-order valence-corrected chi connectivity index (χ0v) is 22.4. The number of anilines is 2. The zero-order chi connectivity index (χ0) is 27.8. The topological polar surface area (TPSA) is 161 Å². The van der Waals surface area contributed by atoms with E-state index in [0.717, 1.165) is 12.0 Å². The first kappa shape index (κ1) is 28.2. The molecular weight excluding hydrogens is 482 g/mol. The third-order valence-electron chi connectivity index (χ3n) is 5.72. The highest BCUT2D eigenvalue weighted by Gasteiger charge is 2.17. The van der Waals surface area contributed by atoms with Gasteiger partial charge in [-0.2, -0.15) is 0 Å². The van der Waals surface area contributed by atoms with Crippen LogP contribution in [0, 0.1) is 11.3 Å². The molecule has 0 saturated heterocycles. The lowest BCUT2D eigenvalue weighted by Crippen LogP contribution is -2.35. The number of nitrogens with two attached hydrogens (primary N) is 2. The number of ether oxygens (including phenoxy) is 1. The predicted octanol–water partition coefficient (Wildman–Crippen LogP) is 3.34. The van der Waals surface area contributed by atoms with Crippen molar-refractivity contribution >= 4 is 23.2 Å². The number of carbonyl (C=O) groups excluding carboxylic acids is 1. The summed E-state index contributed by atoms with van der Waals surface area (Å²) in [6.45, 7) is 8.64. The van der Waals surface area contributed by atoms with E-state index < -0.39 is 5.56 Å². The fourth-order valence-corrected chi connectivity index (χ4v) is 3.72. The highest BCUT2D eigenvalue weighted by molar-refractivity contribution is 5.94. The van der Waals surface area contributed by atoms with Crippen LogP contribution >= 0.6 is 0 Å². The van der Waals surface area contributed by atoms with Gasteiger partial charge in [-0.1, -0.05) is 38.1 Å².